The molecule has 4 heteroatoms. The highest BCUT2D eigenvalue weighted by Gasteiger charge is 2.27. The van der Waals surface area contributed by atoms with Gasteiger partial charge >= 0.3 is 0 Å². The first-order valence-electron chi connectivity index (χ1n) is 5.54. The molecule has 2 N–H and O–H groups in total. The molecule has 4 nitrogen and oxygen atoms in total. The molecular formula is C12H22N2O2. The van der Waals surface area contributed by atoms with Gasteiger partial charge in [0.1, 0.15) is 0 Å². The Kier molecular flexibility index (Phi) is 3.07. The van der Waals surface area contributed by atoms with Gasteiger partial charge in [0.25, 0.3) is 5.56 Å². The molecule has 1 heterocycles. The Morgan fingerprint density at radius 1 is 1.19 bits per heavy atom. The average molecular weight is 226 g/mol. The van der Waals surface area contributed by atoms with Gasteiger partial charge in [-0.05, 0) is 20.8 Å². The highest BCUT2D eigenvalue weighted by Crippen LogP contribution is 2.24. The summed E-state index contributed by atoms with van der Waals surface area (Å²) >= 11 is 0. The van der Waals surface area contributed by atoms with Crippen molar-refractivity contribution in [3.8, 4) is 0 Å². The molecule has 0 aromatic carbocycles. The molecule has 0 unspecified atom stereocenters. The van der Waals surface area contributed by atoms with Crippen molar-refractivity contribution >= 4 is 0 Å². The van der Waals surface area contributed by atoms with E-state index in [0.717, 1.165) is 5.69 Å². The Morgan fingerprint density at radius 3 is 1.94 bits per heavy atom. The zero-order chi connectivity index (χ0) is 12.7. The van der Waals surface area contributed by atoms with Gasteiger partial charge in [0.15, 0.2) is 0 Å². The highest BCUT2D eigenvalue weighted by atomic mass is 16.3. The molecular weight excluding hydrogens is 204 g/mol. The second kappa shape index (κ2) is 3.77. The van der Waals surface area contributed by atoms with Gasteiger partial charge < -0.3 is 5.11 Å². The number of aliphatic hydroxyl groups is 1. The normalized spacial score (nSPS) is 13.2. The summed E-state index contributed by atoms with van der Waals surface area (Å²) < 4.78 is 1.58. The predicted molar refractivity (Wildman–Crippen MR) is 64.7 cm³/mol. The Bertz CT molecular complexity index is 427. The number of rotatable bonds is 1. The number of aromatic nitrogens is 2. The molecule has 0 spiro atoms. The zero-order valence-electron chi connectivity index (χ0n) is 11.0. The maximum Gasteiger partial charge on any atom is 0.272 e. The van der Waals surface area contributed by atoms with E-state index in [1.54, 1.807) is 4.68 Å². The van der Waals surface area contributed by atoms with Gasteiger partial charge in [0.2, 0.25) is 0 Å². The van der Waals surface area contributed by atoms with E-state index < -0.39 is 0 Å². The van der Waals surface area contributed by atoms with Crippen LogP contribution in [-0.2, 0) is 17.6 Å². The Balaban J connectivity index is 3.50. The Morgan fingerprint density at radius 2 is 1.69 bits per heavy atom. The smallest absolute Gasteiger partial charge is 0.272 e. The SMILES string of the molecule is CC(C)(C)c1[nH]n(C(C)(C)C)c(=O)c1CO. The summed E-state index contributed by atoms with van der Waals surface area (Å²) in [6.07, 6.45) is 0. The molecule has 92 valence electrons. The first-order valence-corrected chi connectivity index (χ1v) is 5.54. The van der Waals surface area contributed by atoms with Crippen LogP contribution in [0.5, 0.6) is 0 Å². The van der Waals surface area contributed by atoms with Crippen LogP contribution in [0.1, 0.15) is 52.8 Å². The topological polar surface area (TPSA) is 58.0 Å². The maximum atomic E-state index is 12.1. The van der Waals surface area contributed by atoms with Crippen molar-refractivity contribution in [2.24, 2.45) is 0 Å². The first kappa shape index (κ1) is 13.0. The third-order valence-electron chi connectivity index (χ3n) is 2.57. The molecule has 16 heavy (non-hydrogen) atoms. The molecule has 0 fully saturated rings. The zero-order valence-corrected chi connectivity index (χ0v) is 11.0. The molecule has 0 aliphatic heterocycles. The summed E-state index contributed by atoms with van der Waals surface area (Å²) in [6.45, 7) is 11.7. The fraction of sp³-hybridized carbons (Fsp3) is 0.750. The Hall–Kier alpha value is -1.03. The molecule has 0 bridgehead atoms. The van der Waals surface area contributed by atoms with Crippen LogP contribution in [0.25, 0.3) is 0 Å². The lowest BCUT2D eigenvalue weighted by Gasteiger charge is -2.21. The third-order valence-corrected chi connectivity index (χ3v) is 2.57. The number of aromatic amines is 1. The van der Waals surface area contributed by atoms with E-state index in [-0.39, 0.29) is 23.1 Å². The summed E-state index contributed by atoms with van der Waals surface area (Å²) in [6, 6.07) is 0. The van der Waals surface area contributed by atoms with Crippen LogP contribution in [0.15, 0.2) is 4.79 Å². The van der Waals surface area contributed by atoms with Gasteiger partial charge in [-0.25, -0.2) is 4.68 Å². The summed E-state index contributed by atoms with van der Waals surface area (Å²) in [4.78, 5) is 12.1. The molecule has 0 radical (unpaired) electrons. The standard InChI is InChI=1S/C12H22N2O2/c1-11(2,3)9-8(7-15)10(16)14(13-9)12(4,5)6/h13,15H,7H2,1-6H3. The lowest BCUT2D eigenvalue weighted by Crippen LogP contribution is -2.33. The van der Waals surface area contributed by atoms with Gasteiger partial charge in [-0.2, -0.15) is 0 Å². The lowest BCUT2D eigenvalue weighted by molar-refractivity contribution is 0.276. The monoisotopic (exact) mass is 226 g/mol. The largest absolute Gasteiger partial charge is 0.391 e. The van der Waals surface area contributed by atoms with Crippen LogP contribution < -0.4 is 5.56 Å². The van der Waals surface area contributed by atoms with Crippen molar-refractivity contribution in [3.63, 3.8) is 0 Å². The fourth-order valence-electron chi connectivity index (χ4n) is 1.71. The minimum Gasteiger partial charge on any atom is -0.391 e. The molecule has 0 aliphatic rings. The molecule has 0 saturated heterocycles. The lowest BCUT2D eigenvalue weighted by atomic mass is 9.90. The van der Waals surface area contributed by atoms with E-state index in [4.69, 9.17) is 0 Å². The molecule has 0 aliphatic carbocycles. The summed E-state index contributed by atoms with van der Waals surface area (Å²) in [5, 5.41) is 12.4. The summed E-state index contributed by atoms with van der Waals surface area (Å²) in [7, 11) is 0. The fourth-order valence-corrected chi connectivity index (χ4v) is 1.71. The molecule has 1 aromatic rings. The minimum atomic E-state index is -0.301. The second-order valence-electron chi connectivity index (χ2n) is 6.18. The van der Waals surface area contributed by atoms with E-state index in [9.17, 15) is 9.90 Å². The maximum absolute atomic E-state index is 12.1. The van der Waals surface area contributed by atoms with E-state index in [1.165, 1.54) is 0 Å². The Labute approximate surface area is 96.3 Å². The first-order chi connectivity index (χ1) is 7.09. The van der Waals surface area contributed by atoms with E-state index in [1.807, 2.05) is 41.5 Å². The summed E-state index contributed by atoms with van der Waals surface area (Å²) in [5.74, 6) is 0. The van der Waals surface area contributed by atoms with E-state index in [2.05, 4.69) is 5.10 Å². The van der Waals surface area contributed by atoms with Gasteiger partial charge in [0, 0.05) is 11.1 Å². The molecule has 0 saturated carbocycles. The quantitative estimate of drug-likeness (QED) is 0.766. The number of nitrogens with one attached hydrogen (secondary N) is 1. The number of H-pyrrole nitrogens is 1. The van der Waals surface area contributed by atoms with Crippen LogP contribution in [-0.4, -0.2) is 14.9 Å². The van der Waals surface area contributed by atoms with Crippen molar-refractivity contribution in [2.75, 3.05) is 0 Å². The van der Waals surface area contributed by atoms with Gasteiger partial charge in [-0.3, -0.25) is 9.89 Å². The van der Waals surface area contributed by atoms with Crippen molar-refractivity contribution < 1.29 is 5.11 Å². The number of aliphatic hydroxyl groups excluding tert-OH is 1. The van der Waals surface area contributed by atoms with Crippen LogP contribution in [0.2, 0.25) is 0 Å². The molecule has 1 aromatic heterocycles. The van der Waals surface area contributed by atoms with Crippen molar-refractivity contribution in [1.29, 1.82) is 0 Å². The third kappa shape index (κ3) is 2.21. The van der Waals surface area contributed by atoms with Gasteiger partial charge in [-0.15, -0.1) is 0 Å². The molecule has 1 rings (SSSR count). The average Bonchev–Trinajstić information content (AvgIpc) is 2.40. The van der Waals surface area contributed by atoms with Gasteiger partial charge in [-0.1, -0.05) is 20.8 Å². The molecule has 0 atom stereocenters. The van der Waals surface area contributed by atoms with Crippen molar-refractivity contribution in [3.05, 3.63) is 21.6 Å². The second-order valence-corrected chi connectivity index (χ2v) is 6.18. The number of hydrogen-bond donors (Lipinski definition) is 2. The number of nitrogens with zero attached hydrogens (tertiary/aromatic N) is 1. The minimum absolute atomic E-state index is 0.125. The van der Waals surface area contributed by atoms with Crippen LogP contribution >= 0.6 is 0 Å². The summed E-state index contributed by atoms with van der Waals surface area (Å²) in [5.41, 5.74) is 0.690. The number of hydrogen-bond acceptors (Lipinski definition) is 2. The molecule has 0 amide bonds. The highest BCUT2D eigenvalue weighted by molar-refractivity contribution is 5.24. The van der Waals surface area contributed by atoms with Crippen LogP contribution in [0.3, 0.4) is 0 Å². The van der Waals surface area contributed by atoms with Crippen LogP contribution in [0, 0.1) is 0 Å². The predicted octanol–water partition coefficient (Wildman–Crippen LogP) is 1.72. The van der Waals surface area contributed by atoms with Crippen molar-refractivity contribution in [2.45, 2.75) is 59.1 Å². The van der Waals surface area contributed by atoms with Crippen LogP contribution in [0.4, 0.5) is 0 Å². The van der Waals surface area contributed by atoms with Crippen molar-refractivity contribution in [1.82, 2.24) is 9.78 Å². The van der Waals surface area contributed by atoms with E-state index >= 15 is 0 Å². The van der Waals surface area contributed by atoms with Gasteiger partial charge in [0.05, 0.1) is 17.7 Å². The van der Waals surface area contributed by atoms with E-state index in [0.29, 0.717) is 5.56 Å².